The average molecular weight is 416 g/mol. The summed E-state index contributed by atoms with van der Waals surface area (Å²) in [5, 5.41) is 5.65. The summed E-state index contributed by atoms with van der Waals surface area (Å²) in [6.07, 6.45) is 3.34. The molecule has 0 aliphatic carbocycles. The molecule has 0 radical (unpaired) electrons. The van der Waals surface area contributed by atoms with Crippen molar-refractivity contribution < 1.29 is 14.3 Å². The van der Waals surface area contributed by atoms with Gasteiger partial charge in [0.1, 0.15) is 11.8 Å². The number of benzene rings is 2. The van der Waals surface area contributed by atoms with Gasteiger partial charge in [0, 0.05) is 24.5 Å². The number of pyridine rings is 1. The monoisotopic (exact) mass is 416 g/mol. The molecule has 4 rings (SSSR count). The van der Waals surface area contributed by atoms with E-state index in [0.717, 1.165) is 16.7 Å². The molecule has 1 aliphatic rings. The molecule has 3 aromatic rings. The number of amides is 3. The van der Waals surface area contributed by atoms with Crippen LogP contribution in [0.5, 0.6) is 11.5 Å². The normalized spacial score (nSPS) is 13.2. The quantitative estimate of drug-likeness (QED) is 0.675. The van der Waals surface area contributed by atoms with E-state index in [0.29, 0.717) is 30.3 Å². The minimum Gasteiger partial charge on any atom is -0.455 e. The first-order valence-corrected chi connectivity index (χ1v) is 10.1. The van der Waals surface area contributed by atoms with Crippen LogP contribution in [0.3, 0.4) is 0 Å². The standard InChI is InChI=1S/C24H24N4O3/c1-16-7-8-22-20(13-16)28(15-19-5-3-4-6-21(19)31-22)24(30)27-17(2)23(29)26-14-18-9-11-25-12-10-18/h3-13,17H,14-15H2,1-2H3,(H,26,29)(H,27,30). The molecule has 7 nitrogen and oxygen atoms in total. The van der Waals surface area contributed by atoms with Gasteiger partial charge >= 0.3 is 6.03 Å². The van der Waals surface area contributed by atoms with Crippen molar-refractivity contribution in [2.75, 3.05) is 4.90 Å². The Balaban J connectivity index is 1.50. The maximum atomic E-state index is 13.2. The average Bonchev–Trinajstić information content (AvgIpc) is 2.94. The van der Waals surface area contributed by atoms with Gasteiger partial charge in [-0.3, -0.25) is 14.7 Å². The Kier molecular flexibility index (Phi) is 5.84. The van der Waals surface area contributed by atoms with E-state index in [2.05, 4.69) is 15.6 Å². The van der Waals surface area contributed by atoms with Crippen LogP contribution in [0.2, 0.25) is 0 Å². The van der Waals surface area contributed by atoms with Crippen LogP contribution in [-0.2, 0) is 17.9 Å². The van der Waals surface area contributed by atoms with Gasteiger partial charge in [0.15, 0.2) is 5.75 Å². The third-order valence-electron chi connectivity index (χ3n) is 5.12. The molecule has 1 aliphatic heterocycles. The third-order valence-corrected chi connectivity index (χ3v) is 5.12. The highest BCUT2D eigenvalue weighted by molar-refractivity contribution is 5.97. The Morgan fingerprint density at radius 2 is 1.87 bits per heavy atom. The number of ether oxygens (including phenoxy) is 1. The molecule has 0 saturated heterocycles. The van der Waals surface area contributed by atoms with Crippen LogP contribution in [0.25, 0.3) is 0 Å². The Hall–Kier alpha value is -3.87. The number of nitrogens with zero attached hydrogens (tertiary/aromatic N) is 2. The van der Waals surface area contributed by atoms with Crippen molar-refractivity contribution in [3.8, 4) is 11.5 Å². The van der Waals surface area contributed by atoms with Gasteiger partial charge in [-0.15, -0.1) is 0 Å². The third kappa shape index (κ3) is 4.66. The molecule has 3 amide bonds. The van der Waals surface area contributed by atoms with Gasteiger partial charge in [-0.05, 0) is 55.3 Å². The second kappa shape index (κ2) is 8.87. The minimum absolute atomic E-state index is 0.263. The molecule has 1 unspecified atom stereocenters. The summed E-state index contributed by atoms with van der Waals surface area (Å²) in [6.45, 7) is 4.33. The number of hydrogen-bond donors (Lipinski definition) is 2. The molecule has 0 fully saturated rings. The molecule has 7 heteroatoms. The van der Waals surface area contributed by atoms with Crippen LogP contribution in [0, 0.1) is 6.92 Å². The number of carbonyl (C=O) groups is 2. The zero-order chi connectivity index (χ0) is 21.8. The van der Waals surface area contributed by atoms with Crippen LogP contribution in [-0.4, -0.2) is 23.0 Å². The maximum absolute atomic E-state index is 13.2. The predicted molar refractivity (Wildman–Crippen MR) is 118 cm³/mol. The first-order chi connectivity index (χ1) is 15.0. The van der Waals surface area contributed by atoms with Crippen molar-refractivity contribution in [2.45, 2.75) is 33.0 Å². The van der Waals surface area contributed by atoms with E-state index in [1.807, 2.05) is 61.5 Å². The van der Waals surface area contributed by atoms with Crippen molar-refractivity contribution in [3.63, 3.8) is 0 Å². The lowest BCUT2D eigenvalue weighted by Crippen LogP contribution is -2.49. The number of nitrogens with one attached hydrogen (secondary N) is 2. The molecule has 2 aromatic carbocycles. The molecule has 31 heavy (non-hydrogen) atoms. The fraction of sp³-hybridized carbons (Fsp3) is 0.208. The lowest BCUT2D eigenvalue weighted by atomic mass is 10.1. The number of aromatic nitrogens is 1. The van der Waals surface area contributed by atoms with Crippen LogP contribution in [0.1, 0.15) is 23.6 Å². The molecule has 2 N–H and O–H groups in total. The van der Waals surface area contributed by atoms with Crippen LogP contribution in [0.4, 0.5) is 10.5 Å². The van der Waals surface area contributed by atoms with Crippen LogP contribution in [0.15, 0.2) is 67.0 Å². The Morgan fingerprint density at radius 1 is 1.10 bits per heavy atom. The number of aryl methyl sites for hydroxylation is 1. The fourth-order valence-corrected chi connectivity index (χ4v) is 3.39. The Bertz CT molecular complexity index is 1100. The summed E-state index contributed by atoms with van der Waals surface area (Å²) in [5.74, 6) is 1.05. The second-order valence-corrected chi connectivity index (χ2v) is 7.51. The van der Waals surface area contributed by atoms with Gasteiger partial charge in [0.05, 0.1) is 12.2 Å². The zero-order valence-electron chi connectivity index (χ0n) is 17.5. The van der Waals surface area contributed by atoms with E-state index in [1.165, 1.54) is 0 Å². The zero-order valence-corrected chi connectivity index (χ0v) is 17.5. The van der Waals surface area contributed by atoms with Crippen LogP contribution >= 0.6 is 0 Å². The number of hydrogen-bond acceptors (Lipinski definition) is 4. The van der Waals surface area contributed by atoms with Gasteiger partial charge in [-0.2, -0.15) is 0 Å². The minimum atomic E-state index is -0.706. The summed E-state index contributed by atoms with van der Waals surface area (Å²) >= 11 is 0. The van der Waals surface area contributed by atoms with E-state index in [9.17, 15) is 9.59 Å². The van der Waals surface area contributed by atoms with E-state index >= 15 is 0 Å². The summed E-state index contributed by atoms with van der Waals surface area (Å²) in [6, 6.07) is 15.9. The Morgan fingerprint density at radius 3 is 2.68 bits per heavy atom. The van der Waals surface area contributed by atoms with Crippen molar-refractivity contribution in [2.24, 2.45) is 0 Å². The Labute approximate surface area is 181 Å². The lowest BCUT2D eigenvalue weighted by Gasteiger charge is -2.25. The highest BCUT2D eigenvalue weighted by atomic mass is 16.5. The molecule has 1 atom stereocenters. The largest absolute Gasteiger partial charge is 0.455 e. The molecule has 0 saturated carbocycles. The second-order valence-electron chi connectivity index (χ2n) is 7.51. The number of para-hydroxylation sites is 1. The van der Waals surface area contributed by atoms with Crippen molar-refractivity contribution >= 4 is 17.6 Å². The van der Waals surface area contributed by atoms with E-state index in [4.69, 9.17) is 4.74 Å². The molecule has 0 bridgehead atoms. The number of carbonyl (C=O) groups excluding carboxylic acids is 2. The molecular weight excluding hydrogens is 392 g/mol. The molecular formula is C24H24N4O3. The molecule has 0 spiro atoms. The molecule has 158 valence electrons. The highest BCUT2D eigenvalue weighted by Gasteiger charge is 2.27. The molecule has 2 heterocycles. The van der Waals surface area contributed by atoms with Crippen LogP contribution < -0.4 is 20.3 Å². The highest BCUT2D eigenvalue weighted by Crippen LogP contribution is 2.39. The van der Waals surface area contributed by atoms with E-state index in [1.54, 1.807) is 24.2 Å². The van der Waals surface area contributed by atoms with Crippen molar-refractivity contribution in [1.82, 2.24) is 15.6 Å². The summed E-state index contributed by atoms with van der Waals surface area (Å²) in [4.78, 5) is 31.3. The number of fused-ring (bicyclic) bond motifs is 2. The van der Waals surface area contributed by atoms with E-state index < -0.39 is 6.04 Å². The first-order valence-electron chi connectivity index (χ1n) is 10.1. The molecule has 1 aromatic heterocycles. The maximum Gasteiger partial charge on any atom is 0.322 e. The van der Waals surface area contributed by atoms with Gasteiger partial charge < -0.3 is 15.4 Å². The van der Waals surface area contributed by atoms with Gasteiger partial charge in [0.2, 0.25) is 5.91 Å². The van der Waals surface area contributed by atoms with Crippen molar-refractivity contribution in [3.05, 3.63) is 83.7 Å². The number of rotatable bonds is 4. The summed E-state index contributed by atoms with van der Waals surface area (Å²) < 4.78 is 6.07. The summed E-state index contributed by atoms with van der Waals surface area (Å²) in [5.41, 5.74) is 3.50. The topological polar surface area (TPSA) is 83.6 Å². The SMILES string of the molecule is Cc1ccc2c(c1)N(C(=O)NC(C)C(=O)NCc1ccncc1)Cc1ccccc1O2. The first kappa shape index (κ1) is 20.4. The smallest absolute Gasteiger partial charge is 0.322 e. The van der Waals surface area contributed by atoms with E-state index in [-0.39, 0.29) is 11.9 Å². The fourth-order valence-electron chi connectivity index (χ4n) is 3.39. The van der Waals surface area contributed by atoms with Gasteiger partial charge in [-0.1, -0.05) is 24.3 Å². The van der Waals surface area contributed by atoms with Gasteiger partial charge in [-0.25, -0.2) is 4.79 Å². The lowest BCUT2D eigenvalue weighted by molar-refractivity contribution is -0.122. The predicted octanol–water partition coefficient (Wildman–Crippen LogP) is 3.92. The number of urea groups is 1. The number of anilines is 1. The van der Waals surface area contributed by atoms with Gasteiger partial charge in [0.25, 0.3) is 0 Å². The van der Waals surface area contributed by atoms with Crippen molar-refractivity contribution in [1.29, 1.82) is 0 Å². The summed E-state index contributed by atoms with van der Waals surface area (Å²) in [7, 11) is 0.